The van der Waals surface area contributed by atoms with Gasteiger partial charge in [0.1, 0.15) is 5.60 Å². The molecule has 0 aliphatic carbocycles. The van der Waals surface area contributed by atoms with E-state index in [9.17, 15) is 15.3 Å². The van der Waals surface area contributed by atoms with Crippen molar-refractivity contribution in [2.45, 2.75) is 30.3 Å². The quantitative estimate of drug-likeness (QED) is 0.367. The molecular weight excluding hydrogens is 174 g/mol. The molecule has 13 heavy (non-hydrogen) atoms. The average Bonchev–Trinajstić information content (AvgIpc) is 2.56. The molecule has 4 atom stereocenters. The minimum absolute atomic E-state index is 0.332. The predicted molar refractivity (Wildman–Crippen MR) is 44.0 cm³/mol. The molecule has 4 unspecified atom stereocenters. The highest BCUT2D eigenvalue weighted by Gasteiger charge is 2.57. The molecule has 0 spiro atoms. The molecule has 2 aliphatic heterocycles. The molecule has 76 valence electrons. The second kappa shape index (κ2) is 2.90. The normalized spacial score (nSPS) is 51.2. The van der Waals surface area contributed by atoms with Gasteiger partial charge in [0.25, 0.3) is 0 Å². The second-order valence-electron chi connectivity index (χ2n) is 3.96. The molecule has 0 bridgehead atoms. The molecule has 0 aromatic carbocycles. The van der Waals surface area contributed by atoms with Gasteiger partial charge in [0.2, 0.25) is 0 Å². The molecule has 2 heterocycles. The van der Waals surface area contributed by atoms with E-state index in [1.807, 2.05) is 4.90 Å². The zero-order chi connectivity index (χ0) is 9.64. The van der Waals surface area contributed by atoms with Gasteiger partial charge in [-0.15, -0.1) is 0 Å². The lowest BCUT2D eigenvalue weighted by molar-refractivity contribution is -0.112. The summed E-state index contributed by atoms with van der Waals surface area (Å²) < 4.78 is 0. The van der Waals surface area contributed by atoms with E-state index < -0.39 is 30.5 Å². The van der Waals surface area contributed by atoms with Gasteiger partial charge in [-0.3, -0.25) is 4.90 Å². The second-order valence-corrected chi connectivity index (χ2v) is 3.96. The summed E-state index contributed by atoms with van der Waals surface area (Å²) in [7, 11) is 0. The van der Waals surface area contributed by atoms with E-state index in [1.54, 1.807) is 0 Å². The maximum Gasteiger partial charge on any atom is 0.132 e. The summed E-state index contributed by atoms with van der Waals surface area (Å²) in [4.78, 5) is 1.82. The van der Waals surface area contributed by atoms with E-state index >= 15 is 0 Å². The number of nitrogens with zero attached hydrogens (tertiary/aromatic N) is 1. The van der Waals surface area contributed by atoms with Crippen LogP contribution in [0.1, 0.15) is 6.42 Å². The van der Waals surface area contributed by atoms with Gasteiger partial charge in [-0.2, -0.15) is 0 Å². The third-order valence-electron chi connectivity index (χ3n) is 3.22. The SMILES string of the molecule is OCC1(O)C(O)CN2CCC(O)C21. The first-order chi connectivity index (χ1) is 6.09. The van der Waals surface area contributed by atoms with E-state index in [0.717, 1.165) is 0 Å². The van der Waals surface area contributed by atoms with Crippen molar-refractivity contribution in [3.63, 3.8) is 0 Å². The van der Waals surface area contributed by atoms with Crippen molar-refractivity contribution < 1.29 is 20.4 Å². The Hall–Kier alpha value is -0.200. The molecule has 0 saturated carbocycles. The first-order valence-corrected chi connectivity index (χ1v) is 4.53. The molecule has 2 rings (SSSR count). The monoisotopic (exact) mass is 189 g/mol. The Morgan fingerprint density at radius 2 is 2.08 bits per heavy atom. The molecule has 5 heteroatoms. The highest BCUT2D eigenvalue weighted by molar-refractivity contribution is 5.11. The van der Waals surface area contributed by atoms with Crippen molar-refractivity contribution in [3.8, 4) is 0 Å². The van der Waals surface area contributed by atoms with Gasteiger partial charge in [0.05, 0.1) is 24.9 Å². The Bertz CT molecular complexity index is 212. The molecule has 0 aromatic heterocycles. The highest BCUT2D eigenvalue weighted by Crippen LogP contribution is 2.36. The predicted octanol–water partition coefficient (Wildman–Crippen LogP) is -2.48. The standard InChI is InChI=1S/C8H15NO4/c10-4-8(13)6(12)3-9-2-1-5(11)7(8)9/h5-7,10-13H,1-4H2. The largest absolute Gasteiger partial charge is 0.393 e. The average molecular weight is 189 g/mol. The number of aliphatic hydroxyl groups excluding tert-OH is 3. The van der Waals surface area contributed by atoms with Crippen molar-refractivity contribution >= 4 is 0 Å². The number of fused-ring (bicyclic) bond motifs is 1. The maximum absolute atomic E-state index is 9.91. The molecule has 0 aromatic rings. The van der Waals surface area contributed by atoms with E-state index in [1.165, 1.54) is 0 Å². The summed E-state index contributed by atoms with van der Waals surface area (Å²) in [6, 6.07) is -0.507. The fourth-order valence-corrected chi connectivity index (χ4v) is 2.47. The van der Waals surface area contributed by atoms with Crippen LogP contribution < -0.4 is 0 Å². The lowest BCUT2D eigenvalue weighted by Crippen LogP contribution is -2.54. The lowest BCUT2D eigenvalue weighted by Gasteiger charge is -2.31. The Morgan fingerprint density at radius 3 is 2.69 bits per heavy atom. The fraction of sp³-hybridized carbons (Fsp3) is 1.00. The van der Waals surface area contributed by atoms with E-state index in [2.05, 4.69) is 0 Å². The van der Waals surface area contributed by atoms with Crippen molar-refractivity contribution in [3.05, 3.63) is 0 Å². The minimum atomic E-state index is -1.55. The van der Waals surface area contributed by atoms with Crippen LogP contribution in [0.5, 0.6) is 0 Å². The van der Waals surface area contributed by atoms with Gasteiger partial charge < -0.3 is 20.4 Å². The van der Waals surface area contributed by atoms with E-state index in [-0.39, 0.29) is 0 Å². The summed E-state index contributed by atoms with van der Waals surface area (Å²) in [6.45, 7) is 0.496. The Labute approximate surface area is 76.2 Å². The summed E-state index contributed by atoms with van der Waals surface area (Å²) in [5.41, 5.74) is -1.55. The number of hydrogen-bond acceptors (Lipinski definition) is 5. The van der Waals surface area contributed by atoms with Crippen LogP contribution in [0.15, 0.2) is 0 Å². The lowest BCUT2D eigenvalue weighted by atomic mass is 9.90. The van der Waals surface area contributed by atoms with Crippen LogP contribution in [0.2, 0.25) is 0 Å². The first-order valence-electron chi connectivity index (χ1n) is 4.53. The van der Waals surface area contributed by atoms with Crippen LogP contribution in [0.3, 0.4) is 0 Å². The molecule has 2 saturated heterocycles. The fourth-order valence-electron chi connectivity index (χ4n) is 2.47. The van der Waals surface area contributed by atoms with Crippen molar-refractivity contribution in [1.29, 1.82) is 0 Å². The molecule has 5 nitrogen and oxygen atoms in total. The zero-order valence-corrected chi connectivity index (χ0v) is 7.30. The molecule has 0 radical (unpaired) electrons. The molecule has 2 aliphatic rings. The van der Waals surface area contributed by atoms with Crippen LogP contribution in [-0.2, 0) is 0 Å². The highest BCUT2D eigenvalue weighted by atomic mass is 16.4. The van der Waals surface area contributed by atoms with Gasteiger partial charge >= 0.3 is 0 Å². The van der Waals surface area contributed by atoms with Gasteiger partial charge in [-0.1, -0.05) is 0 Å². The summed E-state index contributed by atoms with van der Waals surface area (Å²) in [5.74, 6) is 0. The van der Waals surface area contributed by atoms with Crippen LogP contribution in [-0.4, -0.2) is 68.9 Å². The summed E-state index contributed by atoms with van der Waals surface area (Å²) in [6.07, 6.45) is -1.01. The van der Waals surface area contributed by atoms with Crippen LogP contribution in [0.4, 0.5) is 0 Å². The third kappa shape index (κ3) is 1.12. The minimum Gasteiger partial charge on any atom is -0.393 e. The maximum atomic E-state index is 9.91. The molecular formula is C8H15NO4. The summed E-state index contributed by atoms with van der Waals surface area (Å²) >= 11 is 0. The van der Waals surface area contributed by atoms with Crippen LogP contribution in [0, 0.1) is 0 Å². The Kier molecular flexibility index (Phi) is 2.08. The summed E-state index contributed by atoms with van der Waals surface area (Å²) in [5, 5.41) is 38.0. The molecule has 4 N–H and O–H groups in total. The molecule has 0 amide bonds. The number of hydrogen-bond donors (Lipinski definition) is 4. The van der Waals surface area contributed by atoms with Crippen molar-refractivity contribution in [2.75, 3.05) is 19.7 Å². The zero-order valence-electron chi connectivity index (χ0n) is 7.30. The van der Waals surface area contributed by atoms with Crippen LogP contribution >= 0.6 is 0 Å². The van der Waals surface area contributed by atoms with Gasteiger partial charge in [-0.05, 0) is 6.42 Å². The number of rotatable bonds is 1. The van der Waals surface area contributed by atoms with Crippen molar-refractivity contribution in [2.24, 2.45) is 0 Å². The Balaban J connectivity index is 2.25. The first kappa shape index (κ1) is 9.36. The smallest absolute Gasteiger partial charge is 0.132 e. The van der Waals surface area contributed by atoms with Crippen LogP contribution in [0.25, 0.3) is 0 Å². The topological polar surface area (TPSA) is 84.2 Å². The van der Waals surface area contributed by atoms with E-state index in [0.29, 0.717) is 19.5 Å². The number of aliphatic hydroxyl groups is 4. The van der Waals surface area contributed by atoms with Gasteiger partial charge in [-0.25, -0.2) is 0 Å². The molecule has 2 fully saturated rings. The Morgan fingerprint density at radius 1 is 1.38 bits per heavy atom. The third-order valence-corrected chi connectivity index (χ3v) is 3.22. The van der Waals surface area contributed by atoms with Crippen molar-refractivity contribution in [1.82, 2.24) is 4.90 Å². The van der Waals surface area contributed by atoms with E-state index in [4.69, 9.17) is 5.11 Å². The van der Waals surface area contributed by atoms with Gasteiger partial charge in [0.15, 0.2) is 0 Å². The van der Waals surface area contributed by atoms with Gasteiger partial charge in [0, 0.05) is 13.1 Å².